The smallest absolute Gasteiger partial charge is 0.306 e. The van der Waals surface area contributed by atoms with E-state index in [2.05, 4.69) is 19.2 Å². The Hall–Kier alpha value is -2.00. The zero-order valence-corrected chi connectivity index (χ0v) is 26.9. The van der Waals surface area contributed by atoms with Crippen LogP contribution in [0.5, 0.6) is 0 Å². The van der Waals surface area contributed by atoms with Gasteiger partial charge in [0.25, 0.3) is 5.91 Å². The molecule has 0 aliphatic carbocycles. The monoisotopic (exact) mass is 597 g/mol. The van der Waals surface area contributed by atoms with Crippen molar-refractivity contribution in [2.45, 2.75) is 167 Å². The topological polar surface area (TPSA) is 151 Å². The highest BCUT2D eigenvalue weighted by molar-refractivity contribution is 5.94. The Morgan fingerprint density at radius 3 is 1.33 bits per heavy atom. The maximum atomic E-state index is 13.1. The summed E-state index contributed by atoms with van der Waals surface area (Å²) in [5, 5.41) is 2.58. The third-order valence-electron chi connectivity index (χ3n) is 7.41. The summed E-state index contributed by atoms with van der Waals surface area (Å²) < 4.78 is 11.1. The van der Waals surface area contributed by atoms with Crippen molar-refractivity contribution in [3.8, 4) is 0 Å². The summed E-state index contributed by atoms with van der Waals surface area (Å²) in [7, 11) is 0. The number of ether oxygens (including phenoxy) is 2. The molecular weight excluding hydrogens is 534 g/mol. The Kier molecular flexibility index (Phi) is 27.7. The lowest BCUT2D eigenvalue weighted by molar-refractivity contribution is -0.176. The molecule has 0 aromatic carbocycles. The highest BCUT2D eigenvalue weighted by Gasteiger charge is 2.39. The lowest BCUT2D eigenvalue weighted by Crippen LogP contribution is -2.51. The minimum Gasteiger partial charge on any atom is -0.450 e. The van der Waals surface area contributed by atoms with Crippen molar-refractivity contribution in [1.29, 1.82) is 0 Å². The van der Waals surface area contributed by atoms with Crippen molar-refractivity contribution < 1.29 is 28.7 Å². The van der Waals surface area contributed by atoms with E-state index in [1.54, 1.807) is 0 Å². The van der Waals surface area contributed by atoms with Crippen LogP contribution >= 0.6 is 0 Å². The number of hydrogen-bond acceptors (Lipinski definition) is 8. The number of rotatable bonds is 30. The van der Waals surface area contributed by atoms with Crippen LogP contribution in [-0.4, -0.2) is 55.5 Å². The van der Waals surface area contributed by atoms with Gasteiger partial charge in [-0.1, -0.05) is 117 Å². The number of esters is 2. The number of amides is 1. The van der Waals surface area contributed by atoms with Crippen LogP contribution in [0.3, 0.4) is 0 Å². The molecule has 0 rings (SSSR count). The predicted octanol–water partition coefficient (Wildman–Crippen LogP) is 6.03. The molecule has 0 fully saturated rings. The van der Waals surface area contributed by atoms with Gasteiger partial charge >= 0.3 is 11.9 Å². The molecule has 0 radical (unpaired) electrons. The number of nitrogens with one attached hydrogen (secondary N) is 1. The lowest BCUT2D eigenvalue weighted by atomic mass is 10.0. The molecule has 1 amide bonds. The largest absolute Gasteiger partial charge is 0.450 e. The average molecular weight is 598 g/mol. The molecule has 0 aliphatic heterocycles. The normalized spacial score (nSPS) is 12.5. The molecule has 0 aliphatic rings. The third-order valence-corrected chi connectivity index (χ3v) is 7.41. The minimum absolute atomic E-state index is 0.0168. The molecule has 0 spiro atoms. The highest BCUT2D eigenvalue weighted by Crippen LogP contribution is 2.16. The summed E-state index contributed by atoms with van der Waals surface area (Å²) >= 11 is 0. The quantitative estimate of drug-likeness (QED) is 0.0670. The van der Waals surface area contributed by atoms with Crippen LogP contribution < -0.4 is 16.8 Å². The van der Waals surface area contributed by atoms with E-state index in [9.17, 15) is 19.2 Å². The zero-order valence-electron chi connectivity index (χ0n) is 26.9. The molecule has 2 atom stereocenters. The molecule has 5 N–H and O–H groups in total. The van der Waals surface area contributed by atoms with Crippen molar-refractivity contribution in [2.75, 3.05) is 19.6 Å². The molecule has 9 nitrogen and oxygen atoms in total. The first-order chi connectivity index (χ1) is 20.4. The van der Waals surface area contributed by atoms with Gasteiger partial charge in [-0.15, -0.1) is 0 Å². The van der Waals surface area contributed by atoms with Crippen molar-refractivity contribution in [3.63, 3.8) is 0 Å². The van der Waals surface area contributed by atoms with Crippen LogP contribution in [-0.2, 0) is 28.7 Å². The Balaban J connectivity index is 4.98. The first-order valence-corrected chi connectivity index (χ1v) is 17.0. The Morgan fingerprint density at radius 2 is 0.929 bits per heavy atom. The van der Waals surface area contributed by atoms with E-state index in [1.165, 1.54) is 64.2 Å². The van der Waals surface area contributed by atoms with Gasteiger partial charge in [0.15, 0.2) is 5.78 Å². The Labute approximate surface area is 256 Å². The summed E-state index contributed by atoms with van der Waals surface area (Å²) in [4.78, 5) is 51.5. The number of carbonyl (C=O) groups is 4. The Bertz CT molecular complexity index is 645. The van der Waals surface area contributed by atoms with E-state index in [0.717, 1.165) is 38.5 Å². The van der Waals surface area contributed by atoms with E-state index in [4.69, 9.17) is 20.9 Å². The van der Waals surface area contributed by atoms with Crippen LogP contribution in [0.15, 0.2) is 0 Å². The number of Topliss-reactive ketones (excluding diaryl/α,β-unsaturated/α-hetero) is 1. The van der Waals surface area contributed by atoms with Crippen molar-refractivity contribution >= 4 is 23.6 Å². The summed E-state index contributed by atoms with van der Waals surface area (Å²) in [5.74, 6) is -2.33. The third kappa shape index (κ3) is 22.6. The maximum absolute atomic E-state index is 13.1. The predicted molar refractivity (Wildman–Crippen MR) is 169 cm³/mol. The van der Waals surface area contributed by atoms with Gasteiger partial charge in [-0.3, -0.25) is 19.2 Å². The number of hydrogen-bond donors (Lipinski definition) is 3. The molecule has 0 aromatic heterocycles. The molecule has 0 aromatic rings. The summed E-state index contributed by atoms with van der Waals surface area (Å²) in [6, 6.07) is 0. The number of ketones is 1. The van der Waals surface area contributed by atoms with Crippen LogP contribution in [0.4, 0.5) is 0 Å². The second kappa shape index (κ2) is 29.1. The van der Waals surface area contributed by atoms with Crippen LogP contribution in [0.2, 0.25) is 0 Å². The summed E-state index contributed by atoms with van der Waals surface area (Å²) in [5.41, 5.74) is 11.1. The molecule has 0 unspecified atom stereocenters. The lowest BCUT2D eigenvalue weighted by Gasteiger charge is -2.25. The van der Waals surface area contributed by atoms with Gasteiger partial charge < -0.3 is 26.3 Å². The number of carbonyl (C=O) groups excluding carboxylic acids is 4. The van der Waals surface area contributed by atoms with Crippen LogP contribution in [0.25, 0.3) is 0 Å². The van der Waals surface area contributed by atoms with Gasteiger partial charge in [0.1, 0.15) is 0 Å². The van der Waals surface area contributed by atoms with Crippen molar-refractivity contribution in [1.82, 2.24) is 5.32 Å². The SMILES string of the molecule is CCCCCCCCCCCC(=O)O[C@@H](C(=O)CCCN)[C@@H](OC(=O)CCCCCCCCCCC)C(=O)NCCN. The molecular formula is C33H63N3O6. The van der Waals surface area contributed by atoms with Gasteiger partial charge in [0.2, 0.25) is 12.2 Å². The molecule has 246 valence electrons. The molecule has 0 saturated carbocycles. The fourth-order valence-corrected chi connectivity index (χ4v) is 4.82. The van der Waals surface area contributed by atoms with Gasteiger partial charge in [0, 0.05) is 32.4 Å². The molecule has 0 heterocycles. The van der Waals surface area contributed by atoms with Crippen molar-refractivity contribution in [2.24, 2.45) is 11.5 Å². The van der Waals surface area contributed by atoms with Gasteiger partial charge in [0.05, 0.1) is 0 Å². The maximum Gasteiger partial charge on any atom is 0.306 e. The standard InChI is InChI=1S/C33H63N3O6/c1-3-5-7-9-11-13-15-17-19-23-29(38)41-31(28(37)22-21-25-34)32(33(40)36-27-26-35)42-30(39)24-20-18-16-14-12-10-8-6-4-2/h31-32H,3-27,34-35H2,1-2H3,(H,36,40)/t31-,32+/m0/s1. The average Bonchev–Trinajstić information content (AvgIpc) is 2.98. The molecule has 0 bridgehead atoms. The first kappa shape index (κ1) is 40.0. The zero-order chi connectivity index (χ0) is 31.3. The van der Waals surface area contributed by atoms with E-state index >= 15 is 0 Å². The summed E-state index contributed by atoms with van der Waals surface area (Å²) in [6.45, 7) is 4.99. The van der Waals surface area contributed by atoms with E-state index in [-0.39, 0.29) is 38.9 Å². The number of unbranched alkanes of at least 4 members (excludes halogenated alkanes) is 16. The summed E-state index contributed by atoms with van der Waals surface area (Å²) in [6.07, 6.45) is 17.4. The van der Waals surface area contributed by atoms with Gasteiger partial charge in [-0.25, -0.2) is 0 Å². The fourth-order valence-electron chi connectivity index (χ4n) is 4.82. The van der Waals surface area contributed by atoms with Crippen LogP contribution in [0, 0.1) is 0 Å². The van der Waals surface area contributed by atoms with Gasteiger partial charge in [-0.05, 0) is 25.8 Å². The van der Waals surface area contributed by atoms with Crippen molar-refractivity contribution in [3.05, 3.63) is 0 Å². The highest BCUT2D eigenvalue weighted by atomic mass is 16.6. The second-order valence-electron chi connectivity index (χ2n) is 11.4. The molecule has 42 heavy (non-hydrogen) atoms. The van der Waals surface area contributed by atoms with Crippen LogP contribution in [0.1, 0.15) is 155 Å². The van der Waals surface area contributed by atoms with Gasteiger partial charge in [-0.2, -0.15) is 0 Å². The fraction of sp³-hybridized carbons (Fsp3) is 0.879. The number of nitrogens with two attached hydrogens (primary N) is 2. The van der Waals surface area contributed by atoms with E-state index < -0.39 is 35.8 Å². The van der Waals surface area contributed by atoms with E-state index in [1.807, 2.05) is 0 Å². The second-order valence-corrected chi connectivity index (χ2v) is 11.4. The molecule has 9 heteroatoms. The Morgan fingerprint density at radius 1 is 0.524 bits per heavy atom. The van der Waals surface area contributed by atoms with E-state index in [0.29, 0.717) is 19.3 Å². The molecule has 0 saturated heterocycles. The first-order valence-electron chi connectivity index (χ1n) is 17.0. The minimum atomic E-state index is -1.56.